The number of pyridine rings is 3. The van der Waals surface area contributed by atoms with Crippen molar-refractivity contribution in [2.75, 3.05) is 0 Å². The Kier molecular flexibility index (Phi) is 9.72. The van der Waals surface area contributed by atoms with Crippen LogP contribution in [-0.4, -0.2) is 23.0 Å². The summed E-state index contributed by atoms with van der Waals surface area (Å²) in [6, 6.07) is 21.8. The summed E-state index contributed by atoms with van der Waals surface area (Å²) >= 11 is 0. The molecular weight excluding hydrogens is 819 g/mol. The van der Waals surface area contributed by atoms with E-state index in [0.29, 0.717) is 28.3 Å². The van der Waals surface area contributed by atoms with Crippen molar-refractivity contribution < 1.29 is 32.7 Å². The van der Waals surface area contributed by atoms with Crippen molar-refractivity contribution in [2.45, 2.75) is 103 Å². The second kappa shape index (κ2) is 16.5. The van der Waals surface area contributed by atoms with Crippen molar-refractivity contribution in [3.05, 3.63) is 108 Å². The average Bonchev–Trinajstić information content (AvgIpc) is 3.87. The maximum Gasteiger partial charge on any atom is 0.121 e. The van der Waals surface area contributed by atoms with E-state index in [1.165, 1.54) is 19.3 Å². The van der Waals surface area contributed by atoms with E-state index in [1.807, 2.05) is 55.6 Å². The van der Waals surface area contributed by atoms with Crippen molar-refractivity contribution >= 4 is 35.2 Å². The van der Waals surface area contributed by atoms with Gasteiger partial charge < -0.3 is 19.4 Å². The molecule has 0 amide bonds. The summed E-state index contributed by atoms with van der Waals surface area (Å²) in [5, 5.41) is 2.75. The molecule has 2 aromatic carbocycles. The normalized spacial score (nSPS) is 19.0. The first kappa shape index (κ1) is 30.1. The van der Waals surface area contributed by atoms with Crippen LogP contribution in [0.5, 0.6) is 0 Å². The summed E-state index contributed by atoms with van der Waals surface area (Å²) in [6.07, 6.45) is 17.2. The molecule has 8 rings (SSSR count). The van der Waals surface area contributed by atoms with Crippen LogP contribution in [0.1, 0.15) is 95.5 Å². The third-order valence-electron chi connectivity index (χ3n) is 10.4. The first-order valence-electron chi connectivity index (χ1n) is 21.2. The van der Waals surface area contributed by atoms with Crippen LogP contribution in [0.2, 0.25) is 19.6 Å². The molecule has 1 unspecified atom stereocenters. The van der Waals surface area contributed by atoms with E-state index in [0.717, 1.165) is 76.9 Å². The Morgan fingerprint density at radius 2 is 1.73 bits per heavy atom. The first-order valence-corrected chi connectivity index (χ1v) is 21.7. The minimum atomic E-state index is -2.20. The quantitative estimate of drug-likeness (QED) is 0.118. The van der Waals surface area contributed by atoms with Crippen LogP contribution in [0.3, 0.4) is 0 Å². The fourth-order valence-corrected chi connectivity index (χ4v) is 8.97. The fourth-order valence-electron chi connectivity index (χ4n) is 7.56. The number of rotatable bonds is 7. The van der Waals surface area contributed by atoms with Gasteiger partial charge in [-0.2, -0.15) is 0 Å². The summed E-state index contributed by atoms with van der Waals surface area (Å²) in [4.78, 5) is 13.5. The molecule has 0 spiro atoms. The summed E-state index contributed by atoms with van der Waals surface area (Å²) in [6.45, 7) is 6.61. The molecule has 0 saturated heterocycles. The van der Waals surface area contributed by atoms with E-state index in [-0.39, 0.29) is 31.6 Å². The van der Waals surface area contributed by atoms with Gasteiger partial charge in [-0.25, -0.2) is 0 Å². The van der Waals surface area contributed by atoms with Gasteiger partial charge in [0.05, 0.1) is 13.7 Å². The number of benzene rings is 2. The molecule has 4 heterocycles. The van der Waals surface area contributed by atoms with Crippen LogP contribution < -0.4 is 5.19 Å². The molecule has 0 bridgehead atoms. The Morgan fingerprint density at radius 1 is 0.922 bits per heavy atom. The Labute approximate surface area is 327 Å². The second-order valence-corrected chi connectivity index (χ2v) is 20.1. The fraction of sp³-hybridized carbons (Fsp3) is 0.400. The largest absolute Gasteiger partial charge is 0.500 e. The molecule has 4 nitrogen and oxygen atoms in total. The minimum Gasteiger partial charge on any atom is -0.500 e. The van der Waals surface area contributed by atoms with E-state index < -0.39 is 27.2 Å². The molecule has 6 aromatic rings. The molecule has 267 valence electrons. The van der Waals surface area contributed by atoms with Gasteiger partial charge >= 0.3 is 0 Å². The van der Waals surface area contributed by atoms with Gasteiger partial charge in [-0.3, -0.25) is 0 Å². The number of hydrogen-bond acceptors (Lipinski definition) is 4. The zero-order valence-electron chi connectivity index (χ0n) is 36.1. The Morgan fingerprint density at radius 3 is 2.47 bits per heavy atom. The van der Waals surface area contributed by atoms with E-state index in [1.54, 1.807) is 30.6 Å². The third kappa shape index (κ3) is 8.62. The van der Waals surface area contributed by atoms with E-state index >= 15 is 0 Å². The molecule has 2 aliphatic carbocycles. The van der Waals surface area contributed by atoms with Gasteiger partial charge in [0.25, 0.3) is 0 Å². The molecule has 51 heavy (non-hydrogen) atoms. The summed E-state index contributed by atoms with van der Waals surface area (Å²) in [5.41, 5.74) is 6.15. The summed E-state index contributed by atoms with van der Waals surface area (Å²) < 4.78 is 56.0. The third-order valence-corrected chi connectivity index (χ3v) is 12.4. The number of aryl methyl sites for hydroxylation is 1. The molecule has 0 aliphatic heterocycles. The van der Waals surface area contributed by atoms with Crippen LogP contribution in [0.4, 0.5) is 0 Å². The van der Waals surface area contributed by atoms with Gasteiger partial charge in [0.2, 0.25) is 0 Å². The van der Waals surface area contributed by atoms with Crippen molar-refractivity contribution in [1.82, 2.24) is 15.0 Å². The zero-order valence-corrected chi connectivity index (χ0v) is 33.5. The predicted octanol–water partition coefficient (Wildman–Crippen LogP) is 11.7. The van der Waals surface area contributed by atoms with Gasteiger partial charge in [-0.15, -0.1) is 35.9 Å². The standard InChI is InChI=1S/C25H25N2O.C20H26NSi.Ir/c1-16-8-9-20-21-14-26-15-22(25(21)28-24(20)12-16)23-13-19(10-11-27-23)17(2)18-6-4-3-5-7-18;1-22(2,3)20-15-21-19(17-11-5-4-6-12-17)14-18(20)13-16-9-7-8-10-16;/h8-14,17-18H,3-7H2,1-2H3;4-6,11,14-16H,7-10,13H2,1-3H3;/q2*-1;/i1D3,17D;13D2;. The Hall–Kier alpha value is -3.44. The van der Waals surface area contributed by atoms with Crippen molar-refractivity contribution in [3.8, 4) is 22.5 Å². The summed E-state index contributed by atoms with van der Waals surface area (Å²) in [7, 11) is -1.68. The predicted molar refractivity (Wildman–Crippen MR) is 210 cm³/mol. The molecular formula is C45H51IrN3OSi-2. The van der Waals surface area contributed by atoms with Crippen molar-refractivity contribution in [2.24, 2.45) is 11.8 Å². The molecule has 1 atom stereocenters. The van der Waals surface area contributed by atoms with Gasteiger partial charge in [0, 0.05) is 46.1 Å². The molecule has 6 heteroatoms. The number of fused-ring (bicyclic) bond motifs is 3. The molecule has 4 aromatic heterocycles. The van der Waals surface area contributed by atoms with Crippen molar-refractivity contribution in [1.29, 1.82) is 0 Å². The van der Waals surface area contributed by atoms with Crippen LogP contribution in [-0.2, 0) is 26.5 Å². The van der Waals surface area contributed by atoms with Crippen LogP contribution >= 0.6 is 0 Å². The first-order chi connectivity index (χ1) is 26.5. The van der Waals surface area contributed by atoms with Crippen LogP contribution in [0, 0.1) is 31.0 Å². The van der Waals surface area contributed by atoms with E-state index in [9.17, 15) is 0 Å². The number of hydrogen-bond donors (Lipinski definition) is 0. The minimum absolute atomic E-state index is 0. The van der Waals surface area contributed by atoms with Crippen LogP contribution in [0.25, 0.3) is 44.5 Å². The van der Waals surface area contributed by atoms with Gasteiger partial charge in [-0.05, 0) is 95.8 Å². The Bertz CT molecular complexity index is 2310. The molecule has 2 fully saturated rings. The molecule has 2 saturated carbocycles. The van der Waals surface area contributed by atoms with Gasteiger partial charge in [-0.1, -0.05) is 112 Å². The van der Waals surface area contributed by atoms with E-state index in [2.05, 4.69) is 46.9 Å². The number of aromatic nitrogens is 3. The molecule has 0 N–H and O–H groups in total. The van der Waals surface area contributed by atoms with E-state index in [4.69, 9.17) is 12.6 Å². The number of nitrogens with zero attached hydrogens (tertiary/aromatic N) is 3. The average molecular weight is 876 g/mol. The van der Waals surface area contributed by atoms with Gasteiger partial charge in [0.1, 0.15) is 5.58 Å². The number of furan rings is 1. The Balaban J connectivity index is 0.000000197. The van der Waals surface area contributed by atoms with Gasteiger partial charge in [0.15, 0.2) is 0 Å². The van der Waals surface area contributed by atoms with Crippen LogP contribution in [0.15, 0.2) is 83.7 Å². The molecule has 1 radical (unpaired) electrons. The van der Waals surface area contributed by atoms with Crippen molar-refractivity contribution in [3.63, 3.8) is 0 Å². The maximum absolute atomic E-state index is 9.12. The topological polar surface area (TPSA) is 51.8 Å². The maximum atomic E-state index is 9.12. The summed E-state index contributed by atoms with van der Waals surface area (Å²) in [5.74, 6) is -0.237. The SMILES string of the molecule is [2H]C([2H])([2H])c1ccc2c(c1)oc1c(-c3cc(C([2H])(C)C4CCCCC4)ccn3)[c-]ncc12.[2H]C([2H])(c1cc(-c2[c-]cccc2)ncc1[Si](C)(C)C)C1CCCC1.[Ir]. The second-order valence-electron chi connectivity index (χ2n) is 15.0. The zero-order chi connectivity index (χ0) is 39.9. The molecule has 2 aliphatic rings. The monoisotopic (exact) mass is 876 g/mol. The smallest absolute Gasteiger partial charge is 0.121 e.